The topological polar surface area (TPSA) is 34.0 Å². The second-order valence-electron chi connectivity index (χ2n) is 6.65. The summed E-state index contributed by atoms with van der Waals surface area (Å²) in [5.74, 6) is 0.0638. The molecule has 1 aromatic heterocycles. The Balaban J connectivity index is 1.98. The third-order valence-corrected chi connectivity index (χ3v) is 4.67. The van der Waals surface area contributed by atoms with Crippen LogP contribution in [0.3, 0.4) is 0 Å². The van der Waals surface area contributed by atoms with Crippen molar-refractivity contribution in [3.63, 3.8) is 0 Å². The molecule has 0 spiro atoms. The van der Waals surface area contributed by atoms with Gasteiger partial charge in [-0.25, -0.2) is 0 Å². The van der Waals surface area contributed by atoms with Gasteiger partial charge in [0.25, 0.3) is 5.91 Å². The van der Waals surface area contributed by atoms with Crippen LogP contribution in [0.2, 0.25) is 0 Å². The molecule has 2 rings (SSSR count). The molecule has 0 bridgehead atoms. The van der Waals surface area contributed by atoms with E-state index in [1.807, 2.05) is 16.8 Å². The highest BCUT2D eigenvalue weighted by atomic mass is 79.9. The Labute approximate surface area is 130 Å². The minimum Gasteiger partial charge on any atom is -0.348 e. The van der Waals surface area contributed by atoms with Crippen molar-refractivity contribution in [2.75, 3.05) is 0 Å². The van der Waals surface area contributed by atoms with Crippen molar-refractivity contribution in [2.45, 2.75) is 65.5 Å². The number of carbonyl (C=O) groups excluding carboxylic acids is 1. The fourth-order valence-corrected chi connectivity index (χ4v) is 3.36. The monoisotopic (exact) mass is 340 g/mol. The van der Waals surface area contributed by atoms with Crippen LogP contribution in [0.1, 0.15) is 63.4 Å². The zero-order valence-electron chi connectivity index (χ0n) is 12.7. The van der Waals surface area contributed by atoms with Gasteiger partial charge in [0, 0.05) is 23.3 Å². The van der Waals surface area contributed by atoms with E-state index in [2.05, 4.69) is 42.0 Å². The summed E-state index contributed by atoms with van der Waals surface area (Å²) in [5.41, 5.74) is 1.20. The highest BCUT2D eigenvalue weighted by Crippen LogP contribution is 2.35. The van der Waals surface area contributed by atoms with Crippen molar-refractivity contribution in [1.29, 1.82) is 0 Å². The van der Waals surface area contributed by atoms with E-state index >= 15 is 0 Å². The third kappa shape index (κ3) is 3.87. The Kier molecular flexibility index (Phi) is 4.95. The van der Waals surface area contributed by atoms with Crippen molar-refractivity contribution in [3.05, 3.63) is 22.4 Å². The summed E-state index contributed by atoms with van der Waals surface area (Å²) in [6.07, 6.45) is 7.58. The van der Waals surface area contributed by atoms with Crippen LogP contribution < -0.4 is 5.32 Å². The van der Waals surface area contributed by atoms with Gasteiger partial charge in [0.15, 0.2) is 0 Å². The van der Waals surface area contributed by atoms with E-state index in [0.29, 0.717) is 11.5 Å². The van der Waals surface area contributed by atoms with Crippen molar-refractivity contribution < 1.29 is 4.79 Å². The van der Waals surface area contributed by atoms with E-state index < -0.39 is 0 Å². The van der Waals surface area contributed by atoms with Gasteiger partial charge in [-0.1, -0.05) is 20.8 Å². The van der Waals surface area contributed by atoms with Gasteiger partial charge in [-0.2, -0.15) is 0 Å². The standard InChI is InChI=1S/C16H25BrN2O/c1-4-9-19-11-12(17)10-14(19)15(20)18-13-5-7-16(2,3)8-6-13/h10-11,13H,4-9H2,1-3H3,(H,18,20). The van der Waals surface area contributed by atoms with E-state index in [9.17, 15) is 4.79 Å². The van der Waals surface area contributed by atoms with Gasteiger partial charge in [0.2, 0.25) is 0 Å². The van der Waals surface area contributed by atoms with Gasteiger partial charge >= 0.3 is 0 Å². The third-order valence-electron chi connectivity index (χ3n) is 4.23. The summed E-state index contributed by atoms with van der Waals surface area (Å²) in [5, 5.41) is 3.20. The summed E-state index contributed by atoms with van der Waals surface area (Å²) >= 11 is 3.46. The number of nitrogens with zero attached hydrogens (tertiary/aromatic N) is 1. The van der Waals surface area contributed by atoms with Gasteiger partial charge in [0.1, 0.15) is 5.69 Å². The minimum absolute atomic E-state index is 0.0638. The molecule has 20 heavy (non-hydrogen) atoms. The Hall–Kier alpha value is -0.770. The van der Waals surface area contributed by atoms with Crippen molar-refractivity contribution in [2.24, 2.45) is 5.41 Å². The molecule has 0 aliphatic heterocycles. The zero-order chi connectivity index (χ0) is 14.8. The number of aromatic nitrogens is 1. The number of hydrogen-bond acceptors (Lipinski definition) is 1. The van der Waals surface area contributed by atoms with Gasteiger partial charge in [-0.3, -0.25) is 4.79 Å². The van der Waals surface area contributed by atoms with Gasteiger partial charge in [0.05, 0.1) is 0 Å². The Morgan fingerprint density at radius 3 is 2.70 bits per heavy atom. The van der Waals surface area contributed by atoms with Crippen molar-refractivity contribution in [1.82, 2.24) is 9.88 Å². The molecule has 0 atom stereocenters. The highest BCUT2D eigenvalue weighted by Gasteiger charge is 2.28. The molecule has 1 aliphatic carbocycles. The largest absolute Gasteiger partial charge is 0.348 e. The number of hydrogen-bond donors (Lipinski definition) is 1. The predicted molar refractivity (Wildman–Crippen MR) is 85.9 cm³/mol. The lowest BCUT2D eigenvalue weighted by molar-refractivity contribution is 0.0899. The molecule has 1 saturated carbocycles. The van der Waals surface area contributed by atoms with Crippen LogP contribution in [0.15, 0.2) is 16.7 Å². The molecule has 4 heteroatoms. The van der Waals surface area contributed by atoms with Crippen LogP contribution in [0.25, 0.3) is 0 Å². The first-order valence-electron chi connectivity index (χ1n) is 7.58. The van der Waals surface area contributed by atoms with Crippen molar-refractivity contribution in [3.8, 4) is 0 Å². The van der Waals surface area contributed by atoms with Gasteiger partial charge in [-0.05, 0) is 59.5 Å². The van der Waals surface area contributed by atoms with E-state index in [0.717, 1.165) is 36.0 Å². The van der Waals surface area contributed by atoms with Crippen LogP contribution in [0.5, 0.6) is 0 Å². The van der Waals surface area contributed by atoms with Gasteiger partial charge < -0.3 is 9.88 Å². The molecule has 1 fully saturated rings. The number of amides is 1. The van der Waals surface area contributed by atoms with Crippen LogP contribution in [0.4, 0.5) is 0 Å². The first kappa shape index (κ1) is 15.6. The number of nitrogens with one attached hydrogen (secondary N) is 1. The first-order valence-corrected chi connectivity index (χ1v) is 8.37. The summed E-state index contributed by atoms with van der Waals surface area (Å²) in [6, 6.07) is 2.25. The number of carbonyl (C=O) groups is 1. The van der Waals surface area contributed by atoms with Crippen molar-refractivity contribution >= 4 is 21.8 Å². The van der Waals surface area contributed by atoms with E-state index in [1.165, 1.54) is 12.8 Å². The quantitative estimate of drug-likeness (QED) is 0.867. The molecule has 0 unspecified atom stereocenters. The highest BCUT2D eigenvalue weighted by molar-refractivity contribution is 9.10. The SMILES string of the molecule is CCCn1cc(Br)cc1C(=O)NC1CCC(C)(C)CC1. The lowest BCUT2D eigenvalue weighted by Gasteiger charge is -2.34. The van der Waals surface area contributed by atoms with Crippen LogP contribution in [0, 0.1) is 5.41 Å². The van der Waals surface area contributed by atoms with Gasteiger partial charge in [-0.15, -0.1) is 0 Å². The molecule has 1 aliphatic rings. The second-order valence-corrected chi connectivity index (χ2v) is 7.56. The number of halogens is 1. The average Bonchev–Trinajstić information content (AvgIpc) is 2.74. The molecule has 1 amide bonds. The van der Waals surface area contributed by atoms with E-state index in [-0.39, 0.29) is 5.91 Å². The molecule has 112 valence electrons. The van der Waals surface area contributed by atoms with E-state index in [4.69, 9.17) is 0 Å². The Bertz CT molecular complexity index is 469. The molecular weight excluding hydrogens is 316 g/mol. The number of aryl methyl sites for hydroxylation is 1. The zero-order valence-corrected chi connectivity index (χ0v) is 14.3. The lowest BCUT2D eigenvalue weighted by Crippen LogP contribution is -2.39. The summed E-state index contributed by atoms with van der Waals surface area (Å²) in [7, 11) is 0. The average molecular weight is 341 g/mol. The summed E-state index contributed by atoms with van der Waals surface area (Å²) in [4.78, 5) is 12.4. The molecule has 0 aromatic carbocycles. The molecule has 3 nitrogen and oxygen atoms in total. The van der Waals surface area contributed by atoms with Crippen LogP contribution in [-0.4, -0.2) is 16.5 Å². The maximum atomic E-state index is 12.4. The predicted octanol–water partition coefficient (Wildman–Crippen LogP) is 4.36. The Morgan fingerprint density at radius 2 is 2.10 bits per heavy atom. The molecule has 0 saturated heterocycles. The number of rotatable bonds is 4. The maximum Gasteiger partial charge on any atom is 0.268 e. The molecule has 0 radical (unpaired) electrons. The fraction of sp³-hybridized carbons (Fsp3) is 0.688. The molecule has 1 heterocycles. The fourth-order valence-electron chi connectivity index (χ4n) is 2.89. The summed E-state index contributed by atoms with van der Waals surface area (Å²) < 4.78 is 3.01. The normalized spacial score (nSPS) is 19.0. The minimum atomic E-state index is 0.0638. The molecule has 1 aromatic rings. The Morgan fingerprint density at radius 1 is 1.45 bits per heavy atom. The lowest BCUT2D eigenvalue weighted by atomic mass is 9.75. The smallest absolute Gasteiger partial charge is 0.268 e. The molecular formula is C16H25BrN2O. The summed E-state index contributed by atoms with van der Waals surface area (Å²) in [6.45, 7) is 7.63. The van der Waals surface area contributed by atoms with E-state index in [1.54, 1.807) is 0 Å². The first-order chi connectivity index (χ1) is 9.41. The van der Waals surface area contributed by atoms with Crippen LogP contribution >= 0.6 is 15.9 Å². The molecule has 1 N–H and O–H groups in total. The van der Waals surface area contributed by atoms with Crippen LogP contribution in [-0.2, 0) is 6.54 Å². The second kappa shape index (κ2) is 6.33. The maximum absolute atomic E-state index is 12.4.